The Morgan fingerprint density at radius 3 is 0.714 bits per heavy atom. The van der Waals surface area contributed by atoms with Crippen LogP contribution in [0.4, 0.5) is 0 Å². The SMILES string of the molecule is [Li].c1ccccc1. The van der Waals surface area contributed by atoms with Crippen LogP contribution >= 0.6 is 0 Å². The van der Waals surface area contributed by atoms with Gasteiger partial charge in [-0.15, -0.1) is 0 Å². The van der Waals surface area contributed by atoms with Crippen molar-refractivity contribution in [2.45, 2.75) is 0 Å². The molecule has 0 aliphatic rings. The Balaban J connectivity index is 0.000000360. The van der Waals surface area contributed by atoms with Gasteiger partial charge in [0.1, 0.15) is 0 Å². The van der Waals surface area contributed by atoms with E-state index >= 15 is 0 Å². The number of benzene rings is 1. The average Bonchev–Trinajstić information content (AvgIpc) is 1.72. The third kappa shape index (κ3) is 2.50. The van der Waals surface area contributed by atoms with E-state index in [2.05, 4.69) is 0 Å². The van der Waals surface area contributed by atoms with Crippen LogP contribution < -0.4 is 0 Å². The van der Waals surface area contributed by atoms with Gasteiger partial charge in [0.25, 0.3) is 0 Å². The number of hydrogen-bond donors (Lipinski definition) is 0. The molecule has 0 aliphatic heterocycles. The van der Waals surface area contributed by atoms with Crippen molar-refractivity contribution in [1.29, 1.82) is 0 Å². The van der Waals surface area contributed by atoms with Crippen LogP contribution in [0.15, 0.2) is 36.4 Å². The minimum absolute atomic E-state index is 0. The van der Waals surface area contributed by atoms with Crippen molar-refractivity contribution in [1.82, 2.24) is 0 Å². The fraction of sp³-hybridized carbons (Fsp3) is 0. The molecule has 7 heavy (non-hydrogen) atoms. The van der Waals surface area contributed by atoms with E-state index in [-0.39, 0.29) is 18.9 Å². The van der Waals surface area contributed by atoms with Crippen molar-refractivity contribution >= 4 is 18.9 Å². The number of hydrogen-bond acceptors (Lipinski definition) is 0. The second-order valence-corrected chi connectivity index (χ2v) is 1.15. The molecule has 0 amide bonds. The maximum absolute atomic E-state index is 2.00. The standard InChI is InChI=1S/C6H6.Li/c1-2-4-6-5-3-1;/h1-6H;. The first kappa shape index (κ1) is 6.82. The zero-order valence-corrected chi connectivity index (χ0v) is 4.46. The summed E-state index contributed by atoms with van der Waals surface area (Å²) in [6.45, 7) is 0. The van der Waals surface area contributed by atoms with Crippen LogP contribution in [0.5, 0.6) is 0 Å². The third-order valence-corrected chi connectivity index (χ3v) is 0.667. The fourth-order valence-electron chi connectivity index (χ4n) is 0.385. The molecule has 31 valence electrons. The van der Waals surface area contributed by atoms with Crippen molar-refractivity contribution in [3.05, 3.63) is 36.4 Å². The Morgan fingerprint density at radius 2 is 0.571 bits per heavy atom. The Kier molecular flexibility index (Phi) is 3.89. The predicted octanol–water partition coefficient (Wildman–Crippen LogP) is 1.31. The molecule has 1 heteroatoms. The molecule has 1 rings (SSSR count). The van der Waals surface area contributed by atoms with Crippen LogP contribution in [-0.2, 0) is 0 Å². The van der Waals surface area contributed by atoms with E-state index in [1.807, 2.05) is 36.4 Å². The van der Waals surface area contributed by atoms with Gasteiger partial charge >= 0.3 is 0 Å². The topological polar surface area (TPSA) is 0 Å². The van der Waals surface area contributed by atoms with Crippen molar-refractivity contribution < 1.29 is 0 Å². The molecule has 0 bridgehead atoms. The van der Waals surface area contributed by atoms with Gasteiger partial charge in [-0.1, -0.05) is 36.4 Å². The van der Waals surface area contributed by atoms with Crippen LogP contribution in [0.2, 0.25) is 0 Å². The van der Waals surface area contributed by atoms with Gasteiger partial charge < -0.3 is 0 Å². The first-order chi connectivity index (χ1) is 3.00. The van der Waals surface area contributed by atoms with Crippen molar-refractivity contribution in [3.63, 3.8) is 0 Å². The molecule has 0 atom stereocenters. The molecule has 0 aliphatic carbocycles. The second-order valence-electron chi connectivity index (χ2n) is 1.15. The average molecular weight is 85.1 g/mol. The molecule has 1 aromatic rings. The van der Waals surface area contributed by atoms with Gasteiger partial charge in [-0.2, -0.15) is 0 Å². The van der Waals surface area contributed by atoms with Crippen LogP contribution in [0.3, 0.4) is 0 Å². The molecular formula is C6H6Li. The summed E-state index contributed by atoms with van der Waals surface area (Å²) in [6, 6.07) is 12.0. The second kappa shape index (κ2) is 3.99. The predicted molar refractivity (Wildman–Crippen MR) is 32.2 cm³/mol. The minimum atomic E-state index is 0. The Labute approximate surface area is 55.7 Å². The summed E-state index contributed by atoms with van der Waals surface area (Å²) in [5.41, 5.74) is 0. The van der Waals surface area contributed by atoms with E-state index in [1.54, 1.807) is 0 Å². The maximum atomic E-state index is 2.00. The first-order valence-corrected chi connectivity index (χ1v) is 2.00. The molecule has 1 aromatic carbocycles. The van der Waals surface area contributed by atoms with Gasteiger partial charge in [0.2, 0.25) is 0 Å². The summed E-state index contributed by atoms with van der Waals surface area (Å²) >= 11 is 0. The summed E-state index contributed by atoms with van der Waals surface area (Å²) in [7, 11) is 0. The smallest absolute Gasteiger partial charge is 0 e. The molecule has 0 spiro atoms. The summed E-state index contributed by atoms with van der Waals surface area (Å²) in [4.78, 5) is 0. The van der Waals surface area contributed by atoms with Crippen LogP contribution in [-0.4, -0.2) is 18.9 Å². The van der Waals surface area contributed by atoms with E-state index in [0.717, 1.165) is 0 Å². The van der Waals surface area contributed by atoms with Gasteiger partial charge in [0.15, 0.2) is 0 Å². The van der Waals surface area contributed by atoms with Gasteiger partial charge in [0, 0.05) is 18.9 Å². The van der Waals surface area contributed by atoms with E-state index in [0.29, 0.717) is 0 Å². The van der Waals surface area contributed by atoms with E-state index in [1.165, 1.54) is 0 Å². The van der Waals surface area contributed by atoms with E-state index in [9.17, 15) is 0 Å². The fourth-order valence-corrected chi connectivity index (χ4v) is 0.385. The Bertz CT molecular complexity index is 76.1. The molecular weight excluding hydrogens is 79.0 g/mol. The van der Waals surface area contributed by atoms with E-state index in [4.69, 9.17) is 0 Å². The molecule has 0 unspecified atom stereocenters. The number of rotatable bonds is 0. The maximum Gasteiger partial charge on any atom is 0 e. The summed E-state index contributed by atoms with van der Waals surface area (Å²) in [5.74, 6) is 0. The van der Waals surface area contributed by atoms with Gasteiger partial charge in [-0.05, 0) is 0 Å². The summed E-state index contributed by atoms with van der Waals surface area (Å²) < 4.78 is 0. The van der Waals surface area contributed by atoms with Crippen molar-refractivity contribution in [2.24, 2.45) is 0 Å². The molecule has 1 radical (unpaired) electrons. The summed E-state index contributed by atoms with van der Waals surface area (Å²) in [5, 5.41) is 0. The molecule has 0 aromatic heterocycles. The third-order valence-electron chi connectivity index (χ3n) is 0.667. The molecule has 0 saturated carbocycles. The van der Waals surface area contributed by atoms with Gasteiger partial charge in [-0.25, -0.2) is 0 Å². The normalized spacial score (nSPS) is 6.86. The molecule has 0 N–H and O–H groups in total. The largest absolute Gasteiger partial charge is 0.0623 e. The monoisotopic (exact) mass is 85.1 g/mol. The molecule has 0 saturated heterocycles. The van der Waals surface area contributed by atoms with Crippen molar-refractivity contribution in [3.8, 4) is 0 Å². The van der Waals surface area contributed by atoms with Crippen LogP contribution in [0.1, 0.15) is 0 Å². The zero-order chi connectivity index (χ0) is 4.24. The molecule has 0 heterocycles. The molecule has 0 fully saturated rings. The zero-order valence-electron chi connectivity index (χ0n) is 4.46. The first-order valence-electron chi connectivity index (χ1n) is 2.00. The Morgan fingerprint density at radius 1 is 0.429 bits per heavy atom. The summed E-state index contributed by atoms with van der Waals surface area (Å²) in [6.07, 6.45) is 0. The van der Waals surface area contributed by atoms with E-state index < -0.39 is 0 Å². The quantitative estimate of drug-likeness (QED) is 0.416. The van der Waals surface area contributed by atoms with Gasteiger partial charge in [0.05, 0.1) is 0 Å². The Hall–Kier alpha value is -0.183. The minimum Gasteiger partial charge on any atom is -0.0623 e. The van der Waals surface area contributed by atoms with Crippen LogP contribution in [0.25, 0.3) is 0 Å². The molecule has 0 nitrogen and oxygen atoms in total. The van der Waals surface area contributed by atoms with Crippen molar-refractivity contribution in [2.75, 3.05) is 0 Å². The van der Waals surface area contributed by atoms with Crippen LogP contribution in [0, 0.1) is 0 Å². The van der Waals surface area contributed by atoms with Gasteiger partial charge in [-0.3, -0.25) is 0 Å².